The minimum absolute atomic E-state index is 0.0607. The Morgan fingerprint density at radius 1 is 1.23 bits per heavy atom. The fourth-order valence-corrected chi connectivity index (χ4v) is 5.80. The zero-order valence-corrected chi connectivity index (χ0v) is 15.1. The number of rotatable bonds is 3. The van der Waals surface area contributed by atoms with Gasteiger partial charge in [0.15, 0.2) is 0 Å². The second kappa shape index (κ2) is 5.22. The summed E-state index contributed by atoms with van der Waals surface area (Å²) in [6.07, 6.45) is 4.04. The number of ether oxygens (including phenoxy) is 1. The molecule has 1 aliphatic heterocycles. The van der Waals surface area contributed by atoms with Crippen LogP contribution in [0.3, 0.4) is 0 Å². The Hall–Kier alpha value is -0.570. The Morgan fingerprint density at radius 3 is 2.50 bits per heavy atom. The average molecular weight is 307 g/mol. The van der Waals surface area contributed by atoms with Gasteiger partial charge >= 0.3 is 0 Å². The van der Waals surface area contributed by atoms with Crippen molar-refractivity contribution >= 4 is 5.91 Å². The molecule has 0 aromatic carbocycles. The first-order valence-corrected chi connectivity index (χ1v) is 9.12. The second-order valence-electron chi connectivity index (χ2n) is 9.22. The molecule has 2 bridgehead atoms. The summed E-state index contributed by atoms with van der Waals surface area (Å²) in [6.45, 7) is 14.1. The molecule has 2 saturated carbocycles. The number of amides is 1. The van der Waals surface area contributed by atoms with E-state index in [2.05, 4.69) is 33.0 Å². The molecule has 3 aliphatic rings. The lowest BCUT2D eigenvalue weighted by atomic mass is 9.58. The maximum atomic E-state index is 12.4. The summed E-state index contributed by atoms with van der Waals surface area (Å²) in [6, 6.07) is 0.309. The van der Waals surface area contributed by atoms with E-state index in [1.54, 1.807) is 0 Å². The van der Waals surface area contributed by atoms with E-state index in [1.807, 2.05) is 13.8 Å². The summed E-state index contributed by atoms with van der Waals surface area (Å²) in [7, 11) is 0. The van der Waals surface area contributed by atoms with Gasteiger partial charge in [-0.25, -0.2) is 0 Å². The number of hydrogen-bond donors (Lipinski definition) is 1. The average Bonchev–Trinajstić information content (AvgIpc) is 2.91. The van der Waals surface area contributed by atoms with E-state index in [0.717, 1.165) is 18.9 Å². The quantitative estimate of drug-likeness (QED) is 0.865. The second-order valence-corrected chi connectivity index (χ2v) is 9.22. The zero-order valence-electron chi connectivity index (χ0n) is 15.1. The van der Waals surface area contributed by atoms with Gasteiger partial charge < -0.3 is 10.1 Å². The van der Waals surface area contributed by atoms with Crippen LogP contribution in [-0.4, -0.2) is 24.7 Å². The predicted molar refractivity (Wildman–Crippen MR) is 88.4 cm³/mol. The highest BCUT2D eigenvalue weighted by Gasteiger charge is 2.68. The maximum Gasteiger partial charge on any atom is 0.222 e. The van der Waals surface area contributed by atoms with E-state index >= 15 is 0 Å². The molecular weight excluding hydrogens is 274 g/mol. The van der Waals surface area contributed by atoms with Crippen LogP contribution in [0.5, 0.6) is 0 Å². The molecule has 2 aliphatic carbocycles. The fourth-order valence-electron chi connectivity index (χ4n) is 5.80. The van der Waals surface area contributed by atoms with E-state index in [9.17, 15) is 4.79 Å². The van der Waals surface area contributed by atoms with E-state index in [-0.39, 0.29) is 22.7 Å². The Morgan fingerprint density at radius 2 is 1.91 bits per heavy atom. The van der Waals surface area contributed by atoms with Crippen molar-refractivity contribution in [2.24, 2.45) is 34.5 Å². The van der Waals surface area contributed by atoms with Crippen molar-refractivity contribution in [3.05, 3.63) is 0 Å². The van der Waals surface area contributed by atoms with Crippen molar-refractivity contribution < 1.29 is 9.53 Å². The van der Waals surface area contributed by atoms with Crippen molar-refractivity contribution in [3.63, 3.8) is 0 Å². The molecule has 1 N–H and O–H groups in total. The Bertz CT molecular complexity index is 456. The van der Waals surface area contributed by atoms with E-state index in [0.29, 0.717) is 24.0 Å². The Kier molecular flexibility index (Phi) is 3.87. The van der Waals surface area contributed by atoms with Gasteiger partial charge in [-0.05, 0) is 47.8 Å². The summed E-state index contributed by atoms with van der Waals surface area (Å²) >= 11 is 0. The SMILES string of the molecule is CC(C)C(=O)N[C@@H]1C(C)(C)[C@@H]2C[C@@H]3[C@@H](C(C)C)OCC[C@@]31C2. The lowest BCUT2D eigenvalue weighted by molar-refractivity contribution is -0.145. The van der Waals surface area contributed by atoms with Crippen LogP contribution in [-0.2, 0) is 9.53 Å². The van der Waals surface area contributed by atoms with Gasteiger partial charge in [0.05, 0.1) is 6.10 Å². The fraction of sp³-hybridized carbons (Fsp3) is 0.947. The van der Waals surface area contributed by atoms with Gasteiger partial charge in [-0.2, -0.15) is 0 Å². The van der Waals surface area contributed by atoms with Gasteiger partial charge in [0.2, 0.25) is 5.91 Å². The first-order chi connectivity index (χ1) is 10.2. The third kappa shape index (κ3) is 2.15. The van der Waals surface area contributed by atoms with Crippen LogP contribution in [0.4, 0.5) is 0 Å². The first-order valence-electron chi connectivity index (χ1n) is 9.12. The van der Waals surface area contributed by atoms with Crippen LogP contribution < -0.4 is 5.32 Å². The third-order valence-electron chi connectivity index (χ3n) is 7.02. The van der Waals surface area contributed by atoms with E-state index < -0.39 is 0 Å². The standard InChI is InChI=1S/C19H33NO2/c1-11(2)15-14-9-13-10-19(14,7-8-22-15)17(18(13,5)6)20-16(21)12(3)4/h11-15,17H,7-10H2,1-6H3,(H,20,21)/t13-,14-,15-,17-,19-/m1/s1. The molecule has 0 unspecified atom stereocenters. The van der Waals surface area contributed by atoms with Crippen molar-refractivity contribution in [3.8, 4) is 0 Å². The van der Waals surface area contributed by atoms with Crippen LogP contribution in [0.25, 0.3) is 0 Å². The normalized spacial score (nSPS) is 42.7. The summed E-state index contributed by atoms with van der Waals surface area (Å²) < 4.78 is 6.16. The lowest BCUT2D eigenvalue weighted by Crippen LogP contribution is -2.61. The largest absolute Gasteiger partial charge is 0.378 e. The number of fused-ring (bicyclic) bond motifs is 1. The van der Waals surface area contributed by atoms with Crippen molar-refractivity contribution in [1.82, 2.24) is 5.32 Å². The minimum Gasteiger partial charge on any atom is -0.378 e. The summed E-state index contributed by atoms with van der Waals surface area (Å²) in [5, 5.41) is 3.45. The number of nitrogens with one attached hydrogen (secondary N) is 1. The number of hydrogen-bond acceptors (Lipinski definition) is 2. The monoisotopic (exact) mass is 307 g/mol. The van der Waals surface area contributed by atoms with Crippen molar-refractivity contribution in [2.75, 3.05) is 6.61 Å². The molecule has 1 amide bonds. The Balaban J connectivity index is 1.92. The summed E-state index contributed by atoms with van der Waals surface area (Å²) in [5.74, 6) is 2.18. The molecule has 3 nitrogen and oxygen atoms in total. The Labute approximate surface area is 135 Å². The van der Waals surface area contributed by atoms with Gasteiger partial charge in [0.1, 0.15) is 0 Å². The molecule has 126 valence electrons. The van der Waals surface area contributed by atoms with Crippen molar-refractivity contribution in [2.45, 2.75) is 73.0 Å². The highest BCUT2D eigenvalue weighted by atomic mass is 16.5. The highest BCUT2D eigenvalue weighted by molar-refractivity contribution is 5.78. The zero-order chi connectivity index (χ0) is 16.3. The molecular formula is C19H33NO2. The molecule has 1 saturated heterocycles. The van der Waals surface area contributed by atoms with Crippen LogP contribution in [0.15, 0.2) is 0 Å². The predicted octanol–water partition coefficient (Wildman–Crippen LogP) is 3.62. The van der Waals surface area contributed by atoms with Crippen LogP contribution in [0.1, 0.15) is 60.8 Å². The molecule has 1 heterocycles. The molecule has 3 heteroatoms. The molecule has 3 rings (SSSR count). The highest BCUT2D eigenvalue weighted by Crippen LogP contribution is 2.69. The number of carbonyl (C=O) groups is 1. The maximum absolute atomic E-state index is 12.4. The molecule has 5 atom stereocenters. The molecule has 0 aromatic rings. The summed E-state index contributed by atoms with van der Waals surface area (Å²) in [5.41, 5.74) is 0.478. The van der Waals surface area contributed by atoms with Crippen molar-refractivity contribution in [1.29, 1.82) is 0 Å². The topological polar surface area (TPSA) is 38.3 Å². The van der Waals surface area contributed by atoms with Gasteiger partial charge in [0.25, 0.3) is 0 Å². The smallest absolute Gasteiger partial charge is 0.222 e. The molecule has 1 spiro atoms. The van der Waals surface area contributed by atoms with Gasteiger partial charge in [-0.3, -0.25) is 4.79 Å². The van der Waals surface area contributed by atoms with Gasteiger partial charge in [0, 0.05) is 18.6 Å². The molecule has 0 aromatic heterocycles. The van der Waals surface area contributed by atoms with Gasteiger partial charge in [-0.1, -0.05) is 41.5 Å². The first kappa shape index (κ1) is 16.3. The third-order valence-corrected chi connectivity index (χ3v) is 7.02. The molecule has 0 radical (unpaired) electrons. The minimum atomic E-state index is 0.0607. The van der Waals surface area contributed by atoms with Crippen LogP contribution in [0.2, 0.25) is 0 Å². The molecule has 3 fully saturated rings. The van der Waals surface area contributed by atoms with Gasteiger partial charge in [-0.15, -0.1) is 0 Å². The summed E-state index contributed by atoms with van der Waals surface area (Å²) in [4.78, 5) is 12.4. The van der Waals surface area contributed by atoms with Crippen LogP contribution >= 0.6 is 0 Å². The number of carbonyl (C=O) groups excluding carboxylic acids is 1. The molecule has 22 heavy (non-hydrogen) atoms. The lowest BCUT2D eigenvalue weighted by Gasteiger charge is -2.54. The van der Waals surface area contributed by atoms with Crippen LogP contribution in [0, 0.1) is 34.5 Å². The van der Waals surface area contributed by atoms with E-state index in [1.165, 1.54) is 12.8 Å². The van der Waals surface area contributed by atoms with E-state index in [4.69, 9.17) is 4.74 Å².